The highest BCUT2D eigenvalue weighted by molar-refractivity contribution is 6.08. The Balaban J connectivity index is 1.77. The number of amides is 1. The van der Waals surface area contributed by atoms with E-state index in [0.29, 0.717) is 37.6 Å². The Hall–Kier alpha value is -2.54. The lowest BCUT2D eigenvalue weighted by molar-refractivity contribution is -0.137. The lowest BCUT2D eigenvalue weighted by atomic mass is 10.1. The van der Waals surface area contributed by atoms with E-state index in [1.165, 1.54) is 12.1 Å². The highest BCUT2D eigenvalue weighted by Gasteiger charge is 2.30. The van der Waals surface area contributed by atoms with Crippen LogP contribution in [0.2, 0.25) is 0 Å². The fourth-order valence-electron chi connectivity index (χ4n) is 2.69. The van der Waals surface area contributed by atoms with Crippen LogP contribution >= 0.6 is 0 Å². The molecule has 0 atom stereocenters. The Bertz CT molecular complexity index is 739. The molecule has 4 nitrogen and oxygen atoms in total. The average molecular weight is 350 g/mol. The first kappa shape index (κ1) is 17.3. The van der Waals surface area contributed by atoms with Crippen LogP contribution < -0.4 is 10.2 Å². The van der Waals surface area contributed by atoms with Gasteiger partial charge in [0.25, 0.3) is 5.91 Å². The van der Waals surface area contributed by atoms with Crippen molar-refractivity contribution in [2.75, 3.05) is 36.5 Å². The van der Waals surface area contributed by atoms with E-state index in [9.17, 15) is 18.0 Å². The highest BCUT2D eigenvalue weighted by Crippen LogP contribution is 2.30. The number of benzene rings is 2. The summed E-state index contributed by atoms with van der Waals surface area (Å²) in [4.78, 5) is 14.6. The van der Waals surface area contributed by atoms with Gasteiger partial charge in [-0.25, -0.2) is 0 Å². The summed E-state index contributed by atoms with van der Waals surface area (Å²) < 4.78 is 43.1. The fourth-order valence-corrected chi connectivity index (χ4v) is 2.69. The summed E-state index contributed by atoms with van der Waals surface area (Å²) >= 11 is 0. The number of nitrogens with zero attached hydrogens (tertiary/aromatic N) is 1. The smallest absolute Gasteiger partial charge is 0.378 e. The molecule has 3 rings (SSSR count). The standard InChI is InChI=1S/C18H17F3N2O2/c19-18(20,21)13-5-7-14(8-6-13)22-17(24)15-3-1-2-4-16(15)23-9-11-25-12-10-23/h1-8H,9-12H2,(H,22,24). The maximum absolute atomic E-state index is 12.6. The zero-order valence-electron chi connectivity index (χ0n) is 13.3. The molecule has 1 N–H and O–H groups in total. The minimum Gasteiger partial charge on any atom is -0.378 e. The van der Waals surface area contributed by atoms with Gasteiger partial charge < -0.3 is 15.0 Å². The summed E-state index contributed by atoms with van der Waals surface area (Å²) in [6, 6.07) is 11.5. The minimum atomic E-state index is -4.40. The second-order valence-corrected chi connectivity index (χ2v) is 5.65. The maximum Gasteiger partial charge on any atom is 0.416 e. The van der Waals surface area contributed by atoms with Crippen molar-refractivity contribution in [3.8, 4) is 0 Å². The topological polar surface area (TPSA) is 41.6 Å². The van der Waals surface area contributed by atoms with Crippen molar-refractivity contribution >= 4 is 17.3 Å². The molecule has 7 heteroatoms. The third-order valence-electron chi connectivity index (χ3n) is 3.97. The minimum absolute atomic E-state index is 0.315. The summed E-state index contributed by atoms with van der Waals surface area (Å²) in [6.45, 7) is 2.55. The molecule has 0 spiro atoms. The molecule has 25 heavy (non-hydrogen) atoms. The molecule has 0 aromatic heterocycles. The van der Waals surface area contributed by atoms with Gasteiger partial charge in [-0.05, 0) is 36.4 Å². The summed E-state index contributed by atoms with van der Waals surface area (Å²) in [5.74, 6) is -0.359. The number of hydrogen-bond donors (Lipinski definition) is 1. The zero-order chi connectivity index (χ0) is 17.9. The van der Waals surface area contributed by atoms with Crippen LogP contribution in [0, 0.1) is 0 Å². The first-order valence-electron chi connectivity index (χ1n) is 7.85. The van der Waals surface area contributed by atoms with Crippen LogP contribution in [0.25, 0.3) is 0 Å². The Kier molecular flexibility index (Phi) is 4.94. The van der Waals surface area contributed by atoms with E-state index >= 15 is 0 Å². The number of para-hydroxylation sites is 1. The first-order chi connectivity index (χ1) is 11.9. The molecule has 1 aliphatic heterocycles. The van der Waals surface area contributed by atoms with Gasteiger partial charge in [-0.2, -0.15) is 13.2 Å². The lowest BCUT2D eigenvalue weighted by Crippen LogP contribution is -2.37. The summed E-state index contributed by atoms with van der Waals surface area (Å²) in [5.41, 5.74) is 0.827. The molecule has 1 heterocycles. The van der Waals surface area contributed by atoms with Crippen molar-refractivity contribution < 1.29 is 22.7 Å². The number of hydrogen-bond acceptors (Lipinski definition) is 3. The number of anilines is 2. The molecule has 2 aromatic rings. The van der Waals surface area contributed by atoms with Crippen LogP contribution in [0.3, 0.4) is 0 Å². The maximum atomic E-state index is 12.6. The number of halogens is 3. The van der Waals surface area contributed by atoms with E-state index in [2.05, 4.69) is 10.2 Å². The fraction of sp³-hybridized carbons (Fsp3) is 0.278. The Morgan fingerprint density at radius 3 is 2.28 bits per heavy atom. The first-order valence-corrected chi connectivity index (χ1v) is 7.85. The van der Waals surface area contributed by atoms with Crippen LogP contribution in [0.5, 0.6) is 0 Å². The Labute approximate surface area is 143 Å². The zero-order valence-corrected chi connectivity index (χ0v) is 13.3. The van der Waals surface area contributed by atoms with Crippen molar-refractivity contribution in [3.05, 3.63) is 59.7 Å². The third kappa shape index (κ3) is 4.11. The molecular weight excluding hydrogens is 333 g/mol. The Morgan fingerprint density at radius 2 is 1.64 bits per heavy atom. The van der Waals surface area contributed by atoms with Crippen LogP contribution in [0.15, 0.2) is 48.5 Å². The van der Waals surface area contributed by atoms with Crippen molar-refractivity contribution in [3.63, 3.8) is 0 Å². The van der Waals surface area contributed by atoms with Gasteiger partial charge in [0.05, 0.1) is 24.3 Å². The molecule has 1 saturated heterocycles. The van der Waals surface area contributed by atoms with Crippen LogP contribution in [0.4, 0.5) is 24.5 Å². The number of carbonyl (C=O) groups is 1. The van der Waals surface area contributed by atoms with Gasteiger partial charge in [0, 0.05) is 24.5 Å². The number of rotatable bonds is 3. The van der Waals surface area contributed by atoms with Crippen LogP contribution in [0.1, 0.15) is 15.9 Å². The van der Waals surface area contributed by atoms with Gasteiger partial charge in [-0.15, -0.1) is 0 Å². The molecule has 1 amide bonds. The number of nitrogens with one attached hydrogen (secondary N) is 1. The number of morpholine rings is 1. The van der Waals surface area contributed by atoms with Gasteiger partial charge in [-0.1, -0.05) is 12.1 Å². The van der Waals surface area contributed by atoms with E-state index in [-0.39, 0.29) is 5.91 Å². The summed E-state index contributed by atoms with van der Waals surface area (Å²) in [6.07, 6.45) is -4.40. The van der Waals surface area contributed by atoms with E-state index in [4.69, 9.17) is 4.74 Å². The molecular formula is C18H17F3N2O2. The number of alkyl halides is 3. The van der Waals surface area contributed by atoms with E-state index < -0.39 is 11.7 Å². The predicted octanol–water partition coefficient (Wildman–Crippen LogP) is 3.79. The quantitative estimate of drug-likeness (QED) is 0.916. The second-order valence-electron chi connectivity index (χ2n) is 5.65. The molecule has 0 aliphatic carbocycles. The van der Waals surface area contributed by atoms with Crippen molar-refractivity contribution in [2.45, 2.75) is 6.18 Å². The van der Waals surface area contributed by atoms with Gasteiger partial charge in [0.1, 0.15) is 0 Å². The number of carbonyl (C=O) groups excluding carboxylic acids is 1. The lowest BCUT2D eigenvalue weighted by Gasteiger charge is -2.30. The van der Waals surface area contributed by atoms with E-state index in [1.54, 1.807) is 12.1 Å². The monoisotopic (exact) mass is 350 g/mol. The molecule has 132 valence electrons. The molecule has 1 aliphatic rings. The largest absolute Gasteiger partial charge is 0.416 e. The molecule has 1 fully saturated rings. The Morgan fingerprint density at radius 1 is 1.00 bits per heavy atom. The third-order valence-corrected chi connectivity index (χ3v) is 3.97. The SMILES string of the molecule is O=C(Nc1ccc(C(F)(F)F)cc1)c1ccccc1N1CCOCC1. The van der Waals surface area contributed by atoms with Gasteiger partial charge >= 0.3 is 6.18 Å². The van der Waals surface area contributed by atoms with Gasteiger partial charge in [0.15, 0.2) is 0 Å². The normalized spacial score (nSPS) is 15.1. The van der Waals surface area contributed by atoms with Crippen molar-refractivity contribution in [2.24, 2.45) is 0 Å². The highest BCUT2D eigenvalue weighted by atomic mass is 19.4. The van der Waals surface area contributed by atoms with Crippen LogP contribution in [-0.2, 0) is 10.9 Å². The molecule has 2 aromatic carbocycles. The predicted molar refractivity (Wildman–Crippen MR) is 88.9 cm³/mol. The van der Waals surface area contributed by atoms with Crippen molar-refractivity contribution in [1.29, 1.82) is 0 Å². The average Bonchev–Trinajstić information content (AvgIpc) is 2.62. The molecule has 0 bridgehead atoms. The summed E-state index contributed by atoms with van der Waals surface area (Å²) in [7, 11) is 0. The summed E-state index contributed by atoms with van der Waals surface area (Å²) in [5, 5.41) is 2.65. The molecule has 0 unspecified atom stereocenters. The van der Waals surface area contributed by atoms with Crippen LogP contribution in [-0.4, -0.2) is 32.2 Å². The molecule has 0 radical (unpaired) electrons. The van der Waals surface area contributed by atoms with Gasteiger partial charge in [-0.3, -0.25) is 4.79 Å². The molecule has 0 saturated carbocycles. The number of ether oxygens (including phenoxy) is 1. The second kappa shape index (κ2) is 7.14. The van der Waals surface area contributed by atoms with Gasteiger partial charge in [0.2, 0.25) is 0 Å². The van der Waals surface area contributed by atoms with E-state index in [0.717, 1.165) is 17.8 Å². The van der Waals surface area contributed by atoms with E-state index in [1.807, 2.05) is 12.1 Å². The van der Waals surface area contributed by atoms with Crippen molar-refractivity contribution in [1.82, 2.24) is 0 Å².